The zero-order chi connectivity index (χ0) is 15.0. The van der Waals surface area contributed by atoms with Gasteiger partial charge in [0.2, 0.25) is 5.91 Å². The van der Waals surface area contributed by atoms with Crippen molar-refractivity contribution in [2.45, 2.75) is 13.5 Å². The first-order valence-electron chi connectivity index (χ1n) is 6.44. The van der Waals surface area contributed by atoms with Gasteiger partial charge in [0.25, 0.3) is 0 Å². The van der Waals surface area contributed by atoms with Crippen LogP contribution in [0.3, 0.4) is 0 Å². The van der Waals surface area contributed by atoms with E-state index in [1.54, 1.807) is 20.1 Å². The minimum absolute atomic E-state index is 0.223. The Morgan fingerprint density at radius 2 is 2.25 bits per heavy atom. The quantitative estimate of drug-likeness (QED) is 0.679. The van der Waals surface area contributed by atoms with E-state index in [1.807, 2.05) is 12.1 Å². The molecule has 0 fully saturated rings. The molecule has 1 atom stereocenters. The second kappa shape index (κ2) is 8.79. The van der Waals surface area contributed by atoms with Gasteiger partial charge in [0.05, 0.1) is 24.2 Å². The zero-order valence-corrected chi connectivity index (χ0v) is 12.6. The number of ether oxygens (including phenoxy) is 2. The largest absolute Gasteiger partial charge is 0.491 e. The molecular formula is C14H21ClN2O3. The number of amides is 1. The molecule has 0 aromatic heterocycles. The molecule has 0 heterocycles. The van der Waals surface area contributed by atoms with Gasteiger partial charge in [-0.2, -0.15) is 0 Å². The number of carbonyl (C=O) groups is 1. The van der Waals surface area contributed by atoms with Crippen molar-refractivity contribution in [2.24, 2.45) is 11.7 Å². The molecule has 112 valence electrons. The van der Waals surface area contributed by atoms with Crippen LogP contribution in [0.1, 0.15) is 12.5 Å². The fourth-order valence-corrected chi connectivity index (χ4v) is 1.73. The maximum absolute atomic E-state index is 10.9. The Morgan fingerprint density at radius 3 is 2.85 bits per heavy atom. The molecule has 6 heteroatoms. The molecule has 1 aromatic rings. The van der Waals surface area contributed by atoms with E-state index in [-0.39, 0.29) is 18.4 Å². The average molecular weight is 301 g/mol. The van der Waals surface area contributed by atoms with Crippen molar-refractivity contribution in [1.82, 2.24) is 5.32 Å². The van der Waals surface area contributed by atoms with Gasteiger partial charge in [0.15, 0.2) is 0 Å². The Hall–Kier alpha value is -1.30. The van der Waals surface area contributed by atoms with Crippen LogP contribution in [0.15, 0.2) is 18.2 Å². The van der Waals surface area contributed by atoms with Crippen molar-refractivity contribution in [3.8, 4) is 5.75 Å². The standard InChI is InChI=1S/C14H21ClN2O3/c1-10(14(16)18)9-20-13-4-3-11(7-12(13)15)8-17-5-6-19-2/h3-4,7,10,17H,5-6,8-9H2,1-2H3,(H2,16,18). The molecule has 3 N–H and O–H groups in total. The third-order valence-electron chi connectivity index (χ3n) is 2.78. The lowest BCUT2D eigenvalue weighted by Gasteiger charge is -2.12. The third-order valence-corrected chi connectivity index (χ3v) is 3.08. The summed E-state index contributed by atoms with van der Waals surface area (Å²) >= 11 is 6.14. The first-order chi connectivity index (χ1) is 9.54. The molecule has 0 saturated carbocycles. The van der Waals surface area contributed by atoms with Gasteiger partial charge in [0.1, 0.15) is 5.75 Å². The summed E-state index contributed by atoms with van der Waals surface area (Å²) in [7, 11) is 1.66. The van der Waals surface area contributed by atoms with Crippen LogP contribution in [0.2, 0.25) is 5.02 Å². The van der Waals surface area contributed by atoms with E-state index in [4.69, 9.17) is 26.8 Å². The van der Waals surface area contributed by atoms with Crippen molar-refractivity contribution >= 4 is 17.5 Å². The van der Waals surface area contributed by atoms with E-state index in [9.17, 15) is 4.79 Å². The number of hydrogen-bond donors (Lipinski definition) is 2. The van der Waals surface area contributed by atoms with Gasteiger partial charge in [-0.25, -0.2) is 0 Å². The van der Waals surface area contributed by atoms with Crippen molar-refractivity contribution in [2.75, 3.05) is 26.9 Å². The Bertz CT molecular complexity index is 440. The molecule has 0 aliphatic heterocycles. The fourth-order valence-electron chi connectivity index (χ4n) is 1.48. The second-order valence-corrected chi connectivity index (χ2v) is 4.96. The smallest absolute Gasteiger partial charge is 0.223 e. The number of rotatable bonds is 9. The topological polar surface area (TPSA) is 73.6 Å². The minimum atomic E-state index is -0.389. The lowest BCUT2D eigenvalue weighted by Crippen LogP contribution is -2.25. The number of methoxy groups -OCH3 is 1. The summed E-state index contributed by atoms with van der Waals surface area (Å²) in [5.41, 5.74) is 6.23. The number of nitrogens with two attached hydrogens (primary N) is 1. The van der Waals surface area contributed by atoms with Crippen molar-refractivity contribution < 1.29 is 14.3 Å². The molecule has 0 spiro atoms. The molecular weight excluding hydrogens is 280 g/mol. The van der Waals surface area contributed by atoms with E-state index in [0.29, 0.717) is 23.9 Å². The maximum Gasteiger partial charge on any atom is 0.223 e. The number of carbonyl (C=O) groups excluding carboxylic acids is 1. The molecule has 0 saturated heterocycles. The summed E-state index contributed by atoms with van der Waals surface area (Å²) in [5.74, 6) is -0.179. The highest BCUT2D eigenvalue weighted by Gasteiger charge is 2.11. The first-order valence-corrected chi connectivity index (χ1v) is 6.82. The highest BCUT2D eigenvalue weighted by Crippen LogP contribution is 2.25. The normalized spacial score (nSPS) is 12.2. The number of halogens is 1. The molecule has 1 amide bonds. The highest BCUT2D eigenvalue weighted by molar-refractivity contribution is 6.32. The molecule has 5 nitrogen and oxygen atoms in total. The van der Waals surface area contributed by atoms with Crippen molar-refractivity contribution in [3.63, 3.8) is 0 Å². The van der Waals surface area contributed by atoms with E-state index < -0.39 is 0 Å². The van der Waals surface area contributed by atoms with Crippen LogP contribution in [0.25, 0.3) is 0 Å². The second-order valence-electron chi connectivity index (χ2n) is 4.55. The molecule has 0 radical (unpaired) electrons. The van der Waals surface area contributed by atoms with Crippen LogP contribution in [0.5, 0.6) is 5.75 Å². The van der Waals surface area contributed by atoms with Crippen LogP contribution < -0.4 is 15.8 Å². The van der Waals surface area contributed by atoms with Gasteiger partial charge in [-0.1, -0.05) is 24.6 Å². The van der Waals surface area contributed by atoms with Gasteiger partial charge in [-0.3, -0.25) is 4.79 Å². The third kappa shape index (κ3) is 5.77. The van der Waals surface area contributed by atoms with Crippen LogP contribution >= 0.6 is 11.6 Å². The molecule has 1 aromatic carbocycles. The zero-order valence-electron chi connectivity index (χ0n) is 11.8. The Balaban J connectivity index is 2.48. The molecule has 0 bridgehead atoms. The van der Waals surface area contributed by atoms with Gasteiger partial charge in [-0.05, 0) is 17.7 Å². The summed E-state index contributed by atoms with van der Waals surface area (Å²) in [5, 5.41) is 3.75. The number of nitrogens with one attached hydrogen (secondary N) is 1. The molecule has 1 rings (SSSR count). The summed E-state index contributed by atoms with van der Waals surface area (Å²) in [6, 6.07) is 5.56. The van der Waals surface area contributed by atoms with Crippen molar-refractivity contribution in [1.29, 1.82) is 0 Å². The number of benzene rings is 1. The Morgan fingerprint density at radius 1 is 1.50 bits per heavy atom. The van der Waals surface area contributed by atoms with Gasteiger partial charge in [-0.15, -0.1) is 0 Å². The van der Waals surface area contributed by atoms with Gasteiger partial charge in [0, 0.05) is 20.2 Å². The van der Waals surface area contributed by atoms with E-state index in [2.05, 4.69) is 5.32 Å². The van der Waals surface area contributed by atoms with E-state index >= 15 is 0 Å². The van der Waals surface area contributed by atoms with Crippen LogP contribution in [-0.2, 0) is 16.1 Å². The lowest BCUT2D eigenvalue weighted by atomic mass is 10.2. The predicted molar refractivity (Wildman–Crippen MR) is 78.9 cm³/mol. The van der Waals surface area contributed by atoms with Gasteiger partial charge >= 0.3 is 0 Å². The fraction of sp³-hybridized carbons (Fsp3) is 0.500. The predicted octanol–water partition coefficient (Wildman–Crippen LogP) is 1.58. The SMILES string of the molecule is COCCNCc1ccc(OCC(C)C(N)=O)c(Cl)c1. The first kappa shape index (κ1) is 16.8. The average Bonchev–Trinajstić information content (AvgIpc) is 2.42. The molecule has 20 heavy (non-hydrogen) atoms. The Kier molecular flexibility index (Phi) is 7.36. The van der Waals surface area contributed by atoms with E-state index in [1.165, 1.54) is 0 Å². The van der Waals surface area contributed by atoms with Crippen LogP contribution in [-0.4, -0.2) is 32.8 Å². The maximum atomic E-state index is 10.9. The Labute approximate surface area is 124 Å². The summed E-state index contributed by atoms with van der Waals surface area (Å²) in [4.78, 5) is 10.9. The van der Waals surface area contributed by atoms with Crippen molar-refractivity contribution in [3.05, 3.63) is 28.8 Å². The summed E-state index contributed by atoms with van der Waals surface area (Å²) < 4.78 is 10.4. The molecule has 0 aliphatic rings. The summed E-state index contributed by atoms with van der Waals surface area (Å²) in [6.07, 6.45) is 0. The number of primary amides is 1. The minimum Gasteiger partial charge on any atom is -0.491 e. The van der Waals surface area contributed by atoms with Crippen LogP contribution in [0.4, 0.5) is 0 Å². The molecule has 0 aliphatic carbocycles. The number of hydrogen-bond acceptors (Lipinski definition) is 4. The highest BCUT2D eigenvalue weighted by atomic mass is 35.5. The summed E-state index contributed by atoms with van der Waals surface area (Å²) in [6.45, 7) is 4.09. The molecule has 1 unspecified atom stereocenters. The lowest BCUT2D eigenvalue weighted by molar-refractivity contribution is -0.122. The van der Waals surface area contributed by atoms with Crippen LogP contribution in [0, 0.1) is 5.92 Å². The van der Waals surface area contributed by atoms with E-state index in [0.717, 1.165) is 12.1 Å². The monoisotopic (exact) mass is 300 g/mol. The van der Waals surface area contributed by atoms with Gasteiger partial charge < -0.3 is 20.5 Å².